The van der Waals surface area contributed by atoms with E-state index in [1.54, 1.807) is 23.1 Å². The van der Waals surface area contributed by atoms with E-state index in [-0.39, 0.29) is 19.4 Å². The highest BCUT2D eigenvalue weighted by Crippen LogP contribution is 2.66. The number of hydrogen-bond donors (Lipinski definition) is 1. The number of H-pyrrole nitrogens is 1. The molecule has 1 atom stereocenters. The molecule has 0 radical (unpaired) electrons. The molecular formula is C19H13F3N6. The van der Waals surface area contributed by atoms with Crippen LogP contribution >= 0.6 is 0 Å². The van der Waals surface area contributed by atoms with Crippen LogP contribution in [-0.2, 0) is 13.0 Å². The van der Waals surface area contributed by atoms with Crippen molar-refractivity contribution in [2.75, 3.05) is 0 Å². The number of aromatic nitrogens is 6. The Hall–Kier alpha value is -3.23. The second-order valence-electron chi connectivity index (χ2n) is 7.52. The van der Waals surface area contributed by atoms with Crippen molar-refractivity contribution in [3.63, 3.8) is 0 Å². The molecule has 4 aromatic heterocycles. The summed E-state index contributed by atoms with van der Waals surface area (Å²) in [4.78, 5) is 8.41. The lowest BCUT2D eigenvalue weighted by Crippen LogP contribution is -2.13. The Morgan fingerprint density at radius 1 is 1.11 bits per heavy atom. The number of aromatic amines is 1. The Morgan fingerprint density at radius 3 is 2.71 bits per heavy atom. The van der Waals surface area contributed by atoms with E-state index >= 15 is 0 Å². The van der Waals surface area contributed by atoms with Crippen molar-refractivity contribution in [1.29, 1.82) is 0 Å². The zero-order chi connectivity index (χ0) is 19.1. The van der Waals surface area contributed by atoms with E-state index in [0.29, 0.717) is 17.0 Å². The molecule has 4 aromatic rings. The molecule has 1 fully saturated rings. The zero-order valence-electron chi connectivity index (χ0n) is 14.5. The van der Waals surface area contributed by atoms with Crippen LogP contribution in [0.3, 0.4) is 0 Å². The van der Waals surface area contributed by atoms with Crippen LogP contribution in [0, 0.1) is 11.2 Å². The van der Waals surface area contributed by atoms with E-state index < -0.39 is 17.2 Å². The van der Waals surface area contributed by atoms with Crippen molar-refractivity contribution in [3.05, 3.63) is 48.3 Å². The van der Waals surface area contributed by atoms with Crippen LogP contribution in [0.2, 0.25) is 0 Å². The number of alkyl halides is 2. The fourth-order valence-electron chi connectivity index (χ4n) is 4.26. The highest BCUT2D eigenvalue weighted by molar-refractivity contribution is 5.97. The zero-order valence-corrected chi connectivity index (χ0v) is 14.5. The molecule has 1 spiro atoms. The summed E-state index contributed by atoms with van der Waals surface area (Å²) < 4.78 is 43.1. The van der Waals surface area contributed by atoms with Gasteiger partial charge in [-0.15, -0.1) is 0 Å². The minimum atomic E-state index is -2.66. The van der Waals surface area contributed by atoms with Gasteiger partial charge in [-0.3, -0.25) is 14.8 Å². The third-order valence-corrected chi connectivity index (χ3v) is 5.82. The van der Waals surface area contributed by atoms with Crippen molar-refractivity contribution in [2.24, 2.45) is 5.41 Å². The standard InChI is InChI=1S/C19H13F3N6/c20-10-1-2-13(24-6-10)16-15(11-3-4-23-17-12(11)7-25-26-17)14-5-18(8-19(18,21)22)9-28(14)27-16/h1-4,6-7H,5,8-9H2,(H,23,25,26)/t18-/m1/s1. The van der Waals surface area contributed by atoms with Crippen molar-refractivity contribution in [3.8, 4) is 22.5 Å². The molecule has 6 rings (SSSR count). The van der Waals surface area contributed by atoms with Crippen molar-refractivity contribution >= 4 is 11.0 Å². The topological polar surface area (TPSA) is 72.3 Å². The van der Waals surface area contributed by atoms with Crippen LogP contribution in [0.1, 0.15) is 12.1 Å². The van der Waals surface area contributed by atoms with Gasteiger partial charge in [0.25, 0.3) is 5.92 Å². The Labute approximate surface area is 156 Å². The molecule has 0 aromatic carbocycles. The van der Waals surface area contributed by atoms with Crippen LogP contribution in [0.25, 0.3) is 33.5 Å². The van der Waals surface area contributed by atoms with E-state index in [1.807, 2.05) is 6.07 Å². The summed E-state index contributed by atoms with van der Waals surface area (Å²) in [6.07, 6.45) is 4.54. The van der Waals surface area contributed by atoms with Gasteiger partial charge in [-0.2, -0.15) is 10.2 Å². The van der Waals surface area contributed by atoms with E-state index in [2.05, 4.69) is 25.3 Å². The summed E-state index contributed by atoms with van der Waals surface area (Å²) >= 11 is 0. The Kier molecular flexibility index (Phi) is 2.81. The largest absolute Gasteiger partial charge is 0.267 e. The van der Waals surface area contributed by atoms with Gasteiger partial charge in [-0.1, -0.05) is 0 Å². The predicted octanol–water partition coefficient (Wildman–Crippen LogP) is 3.60. The number of halogens is 3. The number of nitrogens with zero attached hydrogens (tertiary/aromatic N) is 5. The first kappa shape index (κ1) is 15.8. The number of pyridine rings is 2. The molecule has 0 saturated heterocycles. The Morgan fingerprint density at radius 2 is 1.96 bits per heavy atom. The fraction of sp³-hybridized carbons (Fsp3) is 0.263. The van der Waals surface area contributed by atoms with Gasteiger partial charge in [0.15, 0.2) is 5.65 Å². The molecule has 1 aliphatic carbocycles. The smallest absolute Gasteiger partial charge is 0.256 e. The lowest BCUT2D eigenvalue weighted by molar-refractivity contribution is 0.0630. The molecule has 9 heteroatoms. The van der Waals surface area contributed by atoms with E-state index in [9.17, 15) is 13.2 Å². The third-order valence-electron chi connectivity index (χ3n) is 5.82. The van der Waals surface area contributed by atoms with Gasteiger partial charge in [0.1, 0.15) is 11.5 Å². The van der Waals surface area contributed by atoms with Crippen LogP contribution in [0.5, 0.6) is 0 Å². The highest BCUT2D eigenvalue weighted by atomic mass is 19.3. The highest BCUT2D eigenvalue weighted by Gasteiger charge is 2.73. The molecule has 0 bridgehead atoms. The van der Waals surface area contributed by atoms with E-state index in [0.717, 1.165) is 28.4 Å². The minimum absolute atomic E-state index is 0.121. The number of nitrogens with one attached hydrogen (secondary N) is 1. The van der Waals surface area contributed by atoms with Crippen LogP contribution in [0.4, 0.5) is 13.2 Å². The molecule has 140 valence electrons. The molecule has 0 amide bonds. The molecule has 6 nitrogen and oxygen atoms in total. The lowest BCUT2D eigenvalue weighted by Gasteiger charge is -2.09. The van der Waals surface area contributed by atoms with Gasteiger partial charge in [0.05, 0.1) is 30.0 Å². The quantitative estimate of drug-likeness (QED) is 0.575. The molecule has 0 unspecified atom stereocenters. The predicted molar refractivity (Wildman–Crippen MR) is 94.0 cm³/mol. The summed E-state index contributed by atoms with van der Waals surface area (Å²) in [5, 5.41) is 12.2. The maximum Gasteiger partial charge on any atom is 0.256 e. The third kappa shape index (κ3) is 1.98. The average molecular weight is 382 g/mol. The number of rotatable bonds is 2. The SMILES string of the molecule is Fc1ccc(-c2nn3c(c2-c2ccnc4[nH]ncc24)C[C@]2(C3)CC2(F)F)nc1. The molecule has 28 heavy (non-hydrogen) atoms. The first-order chi connectivity index (χ1) is 13.5. The molecular weight excluding hydrogens is 369 g/mol. The van der Waals surface area contributed by atoms with Gasteiger partial charge in [0, 0.05) is 35.7 Å². The van der Waals surface area contributed by atoms with Crippen molar-refractivity contribution < 1.29 is 13.2 Å². The van der Waals surface area contributed by atoms with Gasteiger partial charge in [0.2, 0.25) is 0 Å². The van der Waals surface area contributed by atoms with Crippen LogP contribution in [0.15, 0.2) is 36.8 Å². The number of hydrogen-bond acceptors (Lipinski definition) is 4. The first-order valence-electron chi connectivity index (χ1n) is 8.85. The van der Waals surface area contributed by atoms with Gasteiger partial charge >= 0.3 is 0 Å². The second-order valence-corrected chi connectivity index (χ2v) is 7.52. The van der Waals surface area contributed by atoms with Crippen molar-refractivity contribution in [1.82, 2.24) is 29.9 Å². The summed E-state index contributed by atoms with van der Waals surface area (Å²) in [5.41, 5.74) is 2.86. The van der Waals surface area contributed by atoms with E-state index in [4.69, 9.17) is 0 Å². The Balaban J connectivity index is 1.60. The van der Waals surface area contributed by atoms with Gasteiger partial charge in [-0.25, -0.2) is 18.2 Å². The lowest BCUT2D eigenvalue weighted by atomic mass is 9.95. The van der Waals surface area contributed by atoms with Crippen molar-refractivity contribution in [2.45, 2.75) is 25.3 Å². The molecule has 1 saturated carbocycles. The summed E-state index contributed by atoms with van der Waals surface area (Å²) in [7, 11) is 0. The monoisotopic (exact) mass is 382 g/mol. The maximum absolute atomic E-state index is 14.0. The average Bonchev–Trinajstić information content (AvgIpc) is 3.11. The molecule has 5 heterocycles. The summed E-state index contributed by atoms with van der Waals surface area (Å²) in [6, 6.07) is 4.68. The first-order valence-corrected chi connectivity index (χ1v) is 8.85. The fourth-order valence-corrected chi connectivity index (χ4v) is 4.26. The normalized spacial score (nSPS) is 22.1. The Bertz CT molecular complexity index is 1240. The van der Waals surface area contributed by atoms with E-state index in [1.165, 1.54) is 6.07 Å². The minimum Gasteiger partial charge on any atom is -0.267 e. The van der Waals surface area contributed by atoms with Crippen LogP contribution < -0.4 is 0 Å². The maximum atomic E-state index is 14.0. The number of fused-ring (bicyclic) bond motifs is 2. The summed E-state index contributed by atoms with van der Waals surface area (Å²) in [5.74, 6) is -3.11. The van der Waals surface area contributed by atoms with Crippen LogP contribution in [-0.4, -0.2) is 35.9 Å². The molecule has 1 N–H and O–H groups in total. The molecule has 1 aliphatic heterocycles. The second kappa shape index (κ2) is 4.98. The molecule has 2 aliphatic rings. The summed E-state index contributed by atoms with van der Waals surface area (Å²) in [6.45, 7) is 0.170. The van der Waals surface area contributed by atoms with Gasteiger partial charge < -0.3 is 0 Å². The van der Waals surface area contributed by atoms with Gasteiger partial charge in [-0.05, 0) is 23.8 Å².